The number of fused-ring (bicyclic) bond motifs is 1. The van der Waals surface area contributed by atoms with Crippen LogP contribution in [0, 0.1) is 0 Å². The van der Waals surface area contributed by atoms with E-state index in [0.29, 0.717) is 13.1 Å². The van der Waals surface area contributed by atoms with Crippen LogP contribution >= 0.6 is 0 Å². The summed E-state index contributed by atoms with van der Waals surface area (Å²) in [6.07, 6.45) is 1.49. The van der Waals surface area contributed by atoms with Crippen molar-refractivity contribution in [3.8, 4) is 0 Å². The van der Waals surface area contributed by atoms with Gasteiger partial charge in [0.25, 0.3) is 10.2 Å². The van der Waals surface area contributed by atoms with Crippen LogP contribution in [0.5, 0.6) is 0 Å². The Bertz CT molecular complexity index is 429. The molecular weight excluding hydrogens is 212 g/mol. The van der Waals surface area contributed by atoms with E-state index in [4.69, 9.17) is 5.14 Å². The highest BCUT2D eigenvalue weighted by Crippen LogP contribution is 2.16. The monoisotopic (exact) mass is 226 g/mol. The van der Waals surface area contributed by atoms with Gasteiger partial charge in [-0.1, -0.05) is 24.3 Å². The molecule has 0 aromatic heterocycles. The SMILES string of the molecule is NS(=O)(=O)N1CCc2ccccc2CC1. The number of hydrogen-bond acceptors (Lipinski definition) is 2. The fourth-order valence-electron chi connectivity index (χ4n) is 1.90. The summed E-state index contributed by atoms with van der Waals surface area (Å²) in [5, 5.41) is 5.11. The summed E-state index contributed by atoms with van der Waals surface area (Å²) in [6, 6.07) is 8.04. The molecule has 0 bridgehead atoms. The van der Waals surface area contributed by atoms with E-state index in [-0.39, 0.29) is 0 Å². The van der Waals surface area contributed by atoms with Crippen molar-refractivity contribution in [2.24, 2.45) is 5.14 Å². The maximum Gasteiger partial charge on any atom is 0.276 e. The average molecular weight is 226 g/mol. The van der Waals surface area contributed by atoms with Crippen LogP contribution < -0.4 is 5.14 Å². The van der Waals surface area contributed by atoms with Crippen molar-refractivity contribution < 1.29 is 8.42 Å². The number of hydrogen-bond donors (Lipinski definition) is 1. The van der Waals surface area contributed by atoms with Gasteiger partial charge in [0.2, 0.25) is 0 Å². The summed E-state index contributed by atoms with van der Waals surface area (Å²) in [5.74, 6) is 0. The molecule has 0 saturated heterocycles. The molecule has 4 nitrogen and oxygen atoms in total. The minimum absolute atomic E-state index is 0.482. The molecule has 82 valence electrons. The second-order valence-electron chi connectivity index (χ2n) is 3.71. The zero-order chi connectivity index (χ0) is 10.9. The van der Waals surface area contributed by atoms with E-state index in [1.807, 2.05) is 24.3 Å². The summed E-state index contributed by atoms with van der Waals surface area (Å²) < 4.78 is 23.7. The van der Waals surface area contributed by atoms with Gasteiger partial charge in [-0.15, -0.1) is 0 Å². The number of nitrogens with two attached hydrogens (primary N) is 1. The Kier molecular flexibility index (Phi) is 2.77. The molecule has 0 saturated carbocycles. The Morgan fingerprint density at radius 1 is 1.07 bits per heavy atom. The Morgan fingerprint density at radius 3 is 1.93 bits per heavy atom. The molecule has 1 aromatic rings. The van der Waals surface area contributed by atoms with Crippen molar-refractivity contribution in [1.29, 1.82) is 0 Å². The molecule has 5 heteroatoms. The highest BCUT2D eigenvalue weighted by atomic mass is 32.2. The van der Waals surface area contributed by atoms with E-state index in [0.717, 1.165) is 12.8 Å². The molecule has 15 heavy (non-hydrogen) atoms. The third-order valence-corrected chi connectivity index (χ3v) is 3.82. The first-order valence-electron chi connectivity index (χ1n) is 4.92. The lowest BCUT2D eigenvalue weighted by Crippen LogP contribution is -2.38. The molecule has 0 unspecified atom stereocenters. The molecule has 1 heterocycles. The first kappa shape index (κ1) is 10.6. The Morgan fingerprint density at radius 2 is 1.53 bits per heavy atom. The van der Waals surface area contributed by atoms with E-state index >= 15 is 0 Å². The number of nitrogens with zero attached hydrogens (tertiary/aromatic N) is 1. The molecule has 0 amide bonds. The van der Waals surface area contributed by atoms with E-state index in [9.17, 15) is 8.42 Å². The fraction of sp³-hybridized carbons (Fsp3) is 0.400. The minimum Gasteiger partial charge on any atom is -0.216 e. The van der Waals surface area contributed by atoms with Crippen molar-refractivity contribution in [3.63, 3.8) is 0 Å². The topological polar surface area (TPSA) is 63.4 Å². The fourth-order valence-corrected chi connectivity index (χ4v) is 2.59. The van der Waals surface area contributed by atoms with Gasteiger partial charge in [-0.2, -0.15) is 12.7 Å². The van der Waals surface area contributed by atoms with Crippen molar-refractivity contribution in [2.75, 3.05) is 13.1 Å². The van der Waals surface area contributed by atoms with Crippen molar-refractivity contribution in [3.05, 3.63) is 35.4 Å². The molecular formula is C10H14N2O2S. The lowest BCUT2D eigenvalue weighted by molar-refractivity contribution is 0.427. The predicted molar refractivity (Wildman–Crippen MR) is 58.5 cm³/mol. The maximum atomic E-state index is 11.2. The highest BCUT2D eigenvalue weighted by Gasteiger charge is 2.20. The Labute approximate surface area is 89.9 Å². The molecule has 0 spiro atoms. The molecule has 1 aromatic carbocycles. The van der Waals surface area contributed by atoms with Crippen LogP contribution in [-0.4, -0.2) is 25.8 Å². The summed E-state index contributed by atoms with van der Waals surface area (Å²) >= 11 is 0. The number of benzene rings is 1. The van der Waals surface area contributed by atoms with Crippen LogP contribution in [0.25, 0.3) is 0 Å². The molecule has 1 aliphatic heterocycles. The van der Waals surface area contributed by atoms with Gasteiger partial charge in [0.05, 0.1) is 0 Å². The zero-order valence-corrected chi connectivity index (χ0v) is 9.20. The van der Waals surface area contributed by atoms with E-state index in [1.165, 1.54) is 15.4 Å². The van der Waals surface area contributed by atoms with Gasteiger partial charge in [-0.25, -0.2) is 5.14 Å². The molecule has 2 rings (SSSR count). The molecule has 0 aliphatic carbocycles. The maximum absolute atomic E-state index is 11.2. The first-order chi connectivity index (χ1) is 7.07. The van der Waals surface area contributed by atoms with Crippen molar-refractivity contribution >= 4 is 10.2 Å². The number of rotatable bonds is 1. The summed E-state index contributed by atoms with van der Waals surface area (Å²) in [7, 11) is -3.53. The van der Waals surface area contributed by atoms with Gasteiger partial charge < -0.3 is 0 Å². The van der Waals surface area contributed by atoms with Gasteiger partial charge in [0.15, 0.2) is 0 Å². The van der Waals surface area contributed by atoms with Gasteiger partial charge in [-0.05, 0) is 24.0 Å². The average Bonchev–Trinajstić information content (AvgIpc) is 2.38. The lowest BCUT2D eigenvalue weighted by Gasteiger charge is -2.15. The van der Waals surface area contributed by atoms with Crippen LogP contribution in [0.2, 0.25) is 0 Å². The standard InChI is InChI=1S/C10H14N2O2S/c11-15(13,14)12-7-5-9-3-1-2-4-10(9)6-8-12/h1-4H,5-8H2,(H2,11,13,14). The van der Waals surface area contributed by atoms with Crippen LogP contribution in [0.4, 0.5) is 0 Å². The largest absolute Gasteiger partial charge is 0.276 e. The van der Waals surface area contributed by atoms with Gasteiger partial charge in [0, 0.05) is 13.1 Å². The minimum atomic E-state index is -3.53. The molecule has 0 radical (unpaired) electrons. The smallest absolute Gasteiger partial charge is 0.216 e. The highest BCUT2D eigenvalue weighted by molar-refractivity contribution is 7.86. The van der Waals surface area contributed by atoms with Gasteiger partial charge in [0.1, 0.15) is 0 Å². The Balaban J connectivity index is 2.23. The van der Waals surface area contributed by atoms with E-state index < -0.39 is 10.2 Å². The van der Waals surface area contributed by atoms with Crippen LogP contribution in [-0.2, 0) is 23.1 Å². The second-order valence-corrected chi connectivity index (χ2v) is 5.26. The summed E-state index contributed by atoms with van der Waals surface area (Å²) in [4.78, 5) is 0. The molecule has 1 aliphatic rings. The third-order valence-electron chi connectivity index (χ3n) is 2.74. The van der Waals surface area contributed by atoms with Gasteiger partial charge >= 0.3 is 0 Å². The van der Waals surface area contributed by atoms with Crippen LogP contribution in [0.1, 0.15) is 11.1 Å². The normalized spacial score (nSPS) is 18.2. The molecule has 2 N–H and O–H groups in total. The van der Waals surface area contributed by atoms with Crippen LogP contribution in [0.3, 0.4) is 0 Å². The summed E-state index contributed by atoms with van der Waals surface area (Å²) in [6.45, 7) is 0.964. The van der Waals surface area contributed by atoms with Crippen molar-refractivity contribution in [1.82, 2.24) is 4.31 Å². The van der Waals surface area contributed by atoms with E-state index in [1.54, 1.807) is 0 Å². The lowest BCUT2D eigenvalue weighted by atomic mass is 10.0. The van der Waals surface area contributed by atoms with Crippen molar-refractivity contribution in [2.45, 2.75) is 12.8 Å². The van der Waals surface area contributed by atoms with Gasteiger partial charge in [-0.3, -0.25) is 0 Å². The Hall–Kier alpha value is -0.910. The van der Waals surface area contributed by atoms with E-state index in [2.05, 4.69) is 0 Å². The van der Waals surface area contributed by atoms with Crippen LogP contribution in [0.15, 0.2) is 24.3 Å². The zero-order valence-electron chi connectivity index (χ0n) is 8.39. The molecule has 0 fully saturated rings. The summed E-state index contributed by atoms with van der Waals surface area (Å²) in [5.41, 5.74) is 2.45. The predicted octanol–water partition coefficient (Wildman–Crippen LogP) is 0.291. The molecule has 0 atom stereocenters. The quantitative estimate of drug-likeness (QED) is 0.748. The second kappa shape index (κ2) is 3.92. The third kappa shape index (κ3) is 2.37. The first-order valence-corrected chi connectivity index (χ1v) is 6.42.